The molecule has 0 fully saturated rings. The molecule has 6 aromatic heterocycles. The van der Waals surface area contributed by atoms with Gasteiger partial charge in [-0.1, -0.05) is 76.3 Å². The Morgan fingerprint density at radius 3 is 1.17 bits per heavy atom. The lowest BCUT2D eigenvalue weighted by molar-refractivity contribution is 0.00680. The van der Waals surface area contributed by atoms with Crippen molar-refractivity contribution in [2.75, 3.05) is 17.2 Å². The molecule has 0 saturated heterocycles. The van der Waals surface area contributed by atoms with Crippen LogP contribution >= 0.6 is 34.8 Å². The number of fused-ring (bicyclic) bond motifs is 3. The monoisotopic (exact) mass is 1090 g/mol. The maximum Gasteiger partial charge on any atom is 0.338 e. The lowest BCUT2D eigenvalue weighted by Gasteiger charge is -2.21. The smallest absolute Gasteiger partial charge is 0.338 e. The van der Waals surface area contributed by atoms with E-state index >= 15 is 0 Å². The molecule has 0 saturated carbocycles. The van der Waals surface area contributed by atoms with E-state index in [9.17, 15) is 19.5 Å². The number of hydrogen-bond acceptors (Lipinski definition) is 16. The standard InChI is InChI=1S/C20H24ClN5O2.C16H17ClN6O.C16H16ClN5O2/c1-11(2)8-13-12(19(27)28-20(3,4)5)6-7-15-14(13)9-25-26(15)18-16(21)17(22)23-10-24-18;1-8(2)5-10-9(15(19)24)3-4-12-11(10)6-22-23(12)16-13(17)14(18)20-7-21-16;1-8(2)5-10-9(16(23)24)3-4-12-11(10)6-21-22(12)15-13(17)14(18)19-7-20-15/h6-7,9-11H,8H2,1-5H3,(H2,22,23,24);3-4,6-8H,5H2,1-2H3,(H2,19,24)(H2,18,20,21);3-4,6-8H,5H2,1-2H3,(H,23,24)(H2,18,19,20). The summed E-state index contributed by atoms with van der Waals surface area (Å²) < 4.78 is 10.3. The van der Waals surface area contributed by atoms with E-state index in [1.807, 2.05) is 40.7 Å². The van der Waals surface area contributed by atoms with Crippen LogP contribution in [0.1, 0.15) is 110 Å². The Bertz CT molecular complexity index is 3500. The Labute approximate surface area is 452 Å². The van der Waals surface area contributed by atoms with Crippen molar-refractivity contribution in [2.24, 2.45) is 23.5 Å². The summed E-state index contributed by atoms with van der Waals surface area (Å²) in [6.07, 6.45) is 11.1. The quantitative estimate of drug-likeness (QED) is 0.0711. The second kappa shape index (κ2) is 22.9. The van der Waals surface area contributed by atoms with Gasteiger partial charge in [-0.15, -0.1) is 0 Å². The predicted molar refractivity (Wildman–Crippen MR) is 295 cm³/mol. The van der Waals surface area contributed by atoms with Gasteiger partial charge in [-0.25, -0.2) is 53.5 Å². The molecule has 0 atom stereocenters. The fourth-order valence-corrected chi connectivity index (χ4v) is 8.92. The van der Waals surface area contributed by atoms with Gasteiger partial charge in [0, 0.05) is 21.7 Å². The summed E-state index contributed by atoms with van der Waals surface area (Å²) in [6.45, 7) is 18.0. The maximum atomic E-state index is 12.8. The highest BCUT2D eigenvalue weighted by molar-refractivity contribution is 6.35. The van der Waals surface area contributed by atoms with Crippen molar-refractivity contribution in [3.63, 3.8) is 0 Å². The Morgan fingerprint density at radius 2 is 0.855 bits per heavy atom. The van der Waals surface area contributed by atoms with Crippen LogP contribution in [-0.4, -0.2) is 87.8 Å². The number of carbonyl (C=O) groups is 3. The Morgan fingerprint density at radius 1 is 0.539 bits per heavy atom. The number of esters is 1. The van der Waals surface area contributed by atoms with Gasteiger partial charge < -0.3 is 32.8 Å². The summed E-state index contributed by atoms with van der Waals surface area (Å²) in [4.78, 5) is 60.2. The molecular weight excluding hydrogens is 1040 g/mol. The second-order valence-electron chi connectivity index (χ2n) is 19.9. The van der Waals surface area contributed by atoms with Crippen LogP contribution in [0.25, 0.3) is 50.2 Å². The molecule has 0 aliphatic carbocycles. The molecule has 3 aromatic carbocycles. The molecule has 0 radical (unpaired) electrons. The van der Waals surface area contributed by atoms with Crippen molar-refractivity contribution in [3.8, 4) is 17.5 Å². The zero-order valence-corrected chi connectivity index (χ0v) is 45.4. The van der Waals surface area contributed by atoms with Crippen molar-refractivity contribution < 1.29 is 24.2 Å². The molecule has 6 heterocycles. The Kier molecular flexibility index (Phi) is 16.8. The minimum Gasteiger partial charge on any atom is -0.478 e. The van der Waals surface area contributed by atoms with Crippen molar-refractivity contribution in [1.29, 1.82) is 0 Å². The lowest BCUT2D eigenvalue weighted by atomic mass is 9.94. The van der Waals surface area contributed by atoms with Crippen LogP contribution in [-0.2, 0) is 24.0 Å². The summed E-state index contributed by atoms with van der Waals surface area (Å²) in [7, 11) is 0. The van der Waals surface area contributed by atoms with E-state index in [1.165, 1.54) is 19.0 Å². The number of carbonyl (C=O) groups excluding carboxylic acids is 2. The van der Waals surface area contributed by atoms with Gasteiger partial charge in [0.1, 0.15) is 57.1 Å². The number of nitrogens with two attached hydrogens (primary N) is 4. The predicted octanol–water partition coefficient (Wildman–Crippen LogP) is 9.50. The first-order valence-electron chi connectivity index (χ1n) is 23.9. The van der Waals surface area contributed by atoms with Gasteiger partial charge in [-0.2, -0.15) is 15.3 Å². The fourth-order valence-electron chi connectivity index (χ4n) is 8.39. The van der Waals surface area contributed by atoms with Crippen LogP contribution in [0.4, 0.5) is 17.5 Å². The molecule has 0 aliphatic heterocycles. The van der Waals surface area contributed by atoms with Gasteiger partial charge in [0.05, 0.1) is 46.3 Å². The number of ether oxygens (including phenoxy) is 1. The minimum absolute atomic E-state index is 0.162. The van der Waals surface area contributed by atoms with Crippen LogP contribution in [0.2, 0.25) is 15.1 Å². The summed E-state index contributed by atoms with van der Waals surface area (Å²) in [5.41, 5.74) is 28.3. The highest BCUT2D eigenvalue weighted by Gasteiger charge is 2.25. The summed E-state index contributed by atoms with van der Waals surface area (Å²) in [5.74, 6) is 0.916. The van der Waals surface area contributed by atoms with Crippen LogP contribution in [0, 0.1) is 17.8 Å². The van der Waals surface area contributed by atoms with Gasteiger partial charge in [0.25, 0.3) is 0 Å². The van der Waals surface area contributed by atoms with Gasteiger partial charge in [0.15, 0.2) is 17.5 Å². The normalized spacial score (nSPS) is 11.6. The molecule has 24 heteroatoms. The maximum absolute atomic E-state index is 12.8. The number of benzene rings is 3. The van der Waals surface area contributed by atoms with Crippen molar-refractivity contribution >= 4 is 103 Å². The molecule has 9 N–H and O–H groups in total. The van der Waals surface area contributed by atoms with E-state index in [-0.39, 0.29) is 44.1 Å². The van der Waals surface area contributed by atoms with E-state index in [2.05, 4.69) is 72.9 Å². The number of amides is 1. The Balaban J connectivity index is 0.000000167. The third-order valence-electron chi connectivity index (χ3n) is 11.5. The van der Waals surface area contributed by atoms with Crippen LogP contribution in [0.15, 0.2) is 74.0 Å². The highest BCUT2D eigenvalue weighted by Crippen LogP contribution is 2.34. The van der Waals surface area contributed by atoms with E-state index in [1.54, 1.807) is 63.0 Å². The van der Waals surface area contributed by atoms with Crippen LogP contribution < -0.4 is 22.9 Å². The minimum atomic E-state index is -0.954. The highest BCUT2D eigenvalue weighted by atomic mass is 35.5. The van der Waals surface area contributed by atoms with Gasteiger partial charge in [-0.05, 0) is 111 Å². The number of anilines is 3. The van der Waals surface area contributed by atoms with Gasteiger partial charge >= 0.3 is 11.9 Å². The number of aromatic nitrogens is 12. The zero-order chi connectivity index (χ0) is 55.5. The Hall–Kier alpha value is -8.01. The number of primary amides is 1. The molecule has 1 amide bonds. The molecule has 0 spiro atoms. The van der Waals surface area contributed by atoms with Crippen molar-refractivity contribution in [2.45, 2.75) is 87.2 Å². The van der Waals surface area contributed by atoms with Crippen molar-refractivity contribution in [1.82, 2.24) is 59.2 Å². The number of carboxylic acids is 1. The summed E-state index contributed by atoms with van der Waals surface area (Å²) >= 11 is 18.7. The molecule has 396 valence electrons. The molecular formula is C52H57Cl3N16O5. The first-order valence-corrected chi connectivity index (χ1v) is 25.1. The van der Waals surface area contributed by atoms with Gasteiger partial charge in [-0.3, -0.25) is 4.79 Å². The molecule has 9 aromatic rings. The van der Waals surface area contributed by atoms with Crippen LogP contribution in [0.3, 0.4) is 0 Å². The van der Waals surface area contributed by atoms with Gasteiger partial charge in [0.2, 0.25) is 5.91 Å². The molecule has 76 heavy (non-hydrogen) atoms. The van der Waals surface area contributed by atoms with E-state index in [4.69, 9.17) is 62.5 Å². The molecule has 21 nitrogen and oxygen atoms in total. The molecule has 9 rings (SSSR count). The number of nitrogen functional groups attached to an aromatic ring is 3. The first-order chi connectivity index (χ1) is 35.9. The topological polar surface area (TPSA) is 316 Å². The van der Waals surface area contributed by atoms with Crippen LogP contribution in [0.5, 0.6) is 0 Å². The third-order valence-corrected chi connectivity index (χ3v) is 12.6. The zero-order valence-electron chi connectivity index (χ0n) is 43.2. The number of aromatic carboxylic acids is 1. The van der Waals surface area contributed by atoms with E-state index in [0.29, 0.717) is 65.6 Å². The number of hydrogen-bond donors (Lipinski definition) is 5. The fraction of sp³-hybridized carbons (Fsp3) is 0.308. The number of nitrogens with zero attached hydrogens (tertiary/aromatic N) is 12. The number of halogens is 3. The third kappa shape index (κ3) is 11.9. The molecule has 0 unspecified atom stereocenters. The lowest BCUT2D eigenvalue weighted by Crippen LogP contribution is -2.24. The van der Waals surface area contributed by atoms with E-state index in [0.717, 1.165) is 49.4 Å². The average Bonchev–Trinajstić information content (AvgIpc) is 4.12. The largest absolute Gasteiger partial charge is 0.478 e. The van der Waals surface area contributed by atoms with E-state index < -0.39 is 17.5 Å². The summed E-state index contributed by atoms with van der Waals surface area (Å²) in [5, 5.41) is 25.7. The second-order valence-corrected chi connectivity index (χ2v) is 21.0. The SMILES string of the molecule is CC(C)Cc1c(C(=O)O)ccc2c1cnn2-c1ncnc(N)c1Cl.CC(C)Cc1c(C(=O)OC(C)(C)C)ccc2c1cnn2-c1ncnc(N)c1Cl.CC(C)Cc1c(C(N)=O)ccc2c1cnn2-c1ncnc(N)c1Cl. The number of carboxylic acid groups (broad SMARTS) is 1. The number of rotatable bonds is 12. The van der Waals surface area contributed by atoms with Crippen molar-refractivity contribution in [3.05, 3.63) is 122 Å². The average molecular weight is 1090 g/mol. The molecule has 0 bridgehead atoms. The molecule has 0 aliphatic rings. The summed E-state index contributed by atoms with van der Waals surface area (Å²) in [6, 6.07) is 10.4. The first kappa shape index (κ1) is 55.7.